The summed E-state index contributed by atoms with van der Waals surface area (Å²) in [5.74, 6) is -0.344. The van der Waals surface area contributed by atoms with Crippen molar-refractivity contribution in [1.82, 2.24) is 0 Å². The summed E-state index contributed by atoms with van der Waals surface area (Å²) in [6.07, 6.45) is 2.89. The summed E-state index contributed by atoms with van der Waals surface area (Å²) in [6.45, 7) is 3.90. The number of aliphatic imine (C=N–C) groups is 1. The number of alkyl halides is 3. The maximum atomic E-state index is 13.3. The third-order valence-electron chi connectivity index (χ3n) is 5.52. The summed E-state index contributed by atoms with van der Waals surface area (Å²) in [4.78, 5) is 18.8. The molecular formula is C25H25ClF3N3O. The molecule has 1 aliphatic rings. The number of hydrogen-bond donors (Lipinski definition) is 1. The van der Waals surface area contributed by atoms with Crippen molar-refractivity contribution in [1.29, 1.82) is 0 Å². The lowest BCUT2D eigenvalue weighted by Crippen LogP contribution is -2.36. The SMILES string of the molecule is C=C(N=C/C=C(\N)c1cccc(Cl)c1)N(C(=O)C1CCCCC1)c1ccc(C(F)(F)F)cc1. The molecule has 2 aromatic rings. The molecule has 0 aromatic heterocycles. The first-order valence-corrected chi connectivity index (χ1v) is 11.0. The van der Waals surface area contributed by atoms with E-state index in [0.717, 1.165) is 44.2 Å². The van der Waals surface area contributed by atoms with Crippen LogP contribution in [0.25, 0.3) is 5.70 Å². The standard InChI is InChI=1S/C25H25ClF3N3O/c1-17(31-15-14-23(30)19-8-5-9-21(26)16-19)32(24(33)18-6-3-2-4-7-18)22-12-10-20(11-13-22)25(27,28)29/h5,8-16,18H,1-4,6-7,30H2/b23-14-,31-15?. The first-order chi connectivity index (χ1) is 15.7. The van der Waals surface area contributed by atoms with Gasteiger partial charge in [-0.25, -0.2) is 4.99 Å². The number of nitrogens with zero attached hydrogens (tertiary/aromatic N) is 2. The number of hydrogen-bond acceptors (Lipinski definition) is 3. The van der Waals surface area contributed by atoms with E-state index in [1.54, 1.807) is 30.3 Å². The molecule has 1 saturated carbocycles. The summed E-state index contributed by atoms with van der Waals surface area (Å²) >= 11 is 5.99. The molecule has 174 valence electrons. The molecule has 1 fully saturated rings. The highest BCUT2D eigenvalue weighted by molar-refractivity contribution is 6.30. The Morgan fingerprint density at radius 2 is 1.79 bits per heavy atom. The van der Waals surface area contributed by atoms with Crippen molar-refractivity contribution in [2.45, 2.75) is 38.3 Å². The van der Waals surface area contributed by atoms with Crippen LogP contribution in [0.3, 0.4) is 0 Å². The molecule has 2 aromatic carbocycles. The van der Waals surface area contributed by atoms with Crippen molar-refractivity contribution in [3.63, 3.8) is 0 Å². The number of anilines is 1. The average Bonchev–Trinajstić information content (AvgIpc) is 2.79. The summed E-state index contributed by atoms with van der Waals surface area (Å²) in [7, 11) is 0. The van der Waals surface area contributed by atoms with E-state index in [4.69, 9.17) is 17.3 Å². The van der Waals surface area contributed by atoms with Crippen molar-refractivity contribution in [3.8, 4) is 0 Å². The molecule has 3 rings (SSSR count). The minimum Gasteiger partial charge on any atom is -0.398 e. The Hall–Kier alpha value is -3.06. The highest BCUT2D eigenvalue weighted by atomic mass is 35.5. The number of amides is 1. The van der Waals surface area contributed by atoms with Gasteiger partial charge in [0.1, 0.15) is 5.82 Å². The minimum absolute atomic E-state index is 0.0977. The van der Waals surface area contributed by atoms with E-state index >= 15 is 0 Å². The van der Waals surface area contributed by atoms with E-state index in [-0.39, 0.29) is 23.3 Å². The number of allylic oxidation sites excluding steroid dienone is 1. The van der Waals surface area contributed by atoms with Crippen LogP contribution in [0, 0.1) is 5.92 Å². The lowest BCUT2D eigenvalue weighted by molar-refractivity contribution is -0.137. The highest BCUT2D eigenvalue weighted by Gasteiger charge is 2.32. The molecule has 1 amide bonds. The molecule has 4 nitrogen and oxygen atoms in total. The van der Waals surface area contributed by atoms with Crippen molar-refractivity contribution in [2.24, 2.45) is 16.6 Å². The predicted molar refractivity (Wildman–Crippen MR) is 127 cm³/mol. The van der Waals surface area contributed by atoms with Crippen LogP contribution in [0.4, 0.5) is 18.9 Å². The Morgan fingerprint density at radius 1 is 1.12 bits per heavy atom. The monoisotopic (exact) mass is 475 g/mol. The quantitative estimate of drug-likeness (QED) is 0.466. The van der Waals surface area contributed by atoms with Gasteiger partial charge in [-0.1, -0.05) is 49.6 Å². The summed E-state index contributed by atoms with van der Waals surface area (Å²) in [5.41, 5.74) is 6.68. The zero-order valence-electron chi connectivity index (χ0n) is 18.0. The van der Waals surface area contributed by atoms with Gasteiger partial charge in [0, 0.05) is 22.9 Å². The average molecular weight is 476 g/mol. The third kappa shape index (κ3) is 6.48. The van der Waals surface area contributed by atoms with Gasteiger partial charge in [-0.2, -0.15) is 13.2 Å². The normalized spacial score (nSPS) is 15.6. The van der Waals surface area contributed by atoms with Crippen LogP contribution < -0.4 is 10.6 Å². The molecule has 0 atom stereocenters. The highest BCUT2D eigenvalue weighted by Crippen LogP contribution is 2.33. The molecule has 0 saturated heterocycles. The Labute approximate surface area is 196 Å². The fourth-order valence-electron chi connectivity index (χ4n) is 3.76. The molecule has 0 aliphatic heterocycles. The van der Waals surface area contributed by atoms with Crippen LogP contribution in [0.5, 0.6) is 0 Å². The fraction of sp³-hybridized carbons (Fsp3) is 0.280. The maximum Gasteiger partial charge on any atom is 0.416 e. The van der Waals surface area contributed by atoms with Crippen LogP contribution >= 0.6 is 11.6 Å². The van der Waals surface area contributed by atoms with Crippen LogP contribution in [-0.4, -0.2) is 12.1 Å². The number of carbonyl (C=O) groups excluding carboxylic acids is 1. The molecule has 1 aliphatic carbocycles. The molecule has 0 heterocycles. The largest absolute Gasteiger partial charge is 0.416 e. The number of rotatable bonds is 6. The summed E-state index contributed by atoms with van der Waals surface area (Å²) < 4.78 is 39.0. The minimum atomic E-state index is -4.46. The molecule has 8 heteroatoms. The van der Waals surface area contributed by atoms with Crippen LogP contribution in [-0.2, 0) is 11.0 Å². The molecular weight excluding hydrogens is 451 g/mol. The van der Waals surface area contributed by atoms with Gasteiger partial charge in [-0.3, -0.25) is 9.69 Å². The van der Waals surface area contributed by atoms with Gasteiger partial charge < -0.3 is 5.73 Å². The van der Waals surface area contributed by atoms with E-state index in [9.17, 15) is 18.0 Å². The van der Waals surface area contributed by atoms with E-state index in [0.29, 0.717) is 16.3 Å². The number of carbonyl (C=O) groups is 1. The van der Waals surface area contributed by atoms with Crippen LogP contribution in [0.15, 0.2) is 72.0 Å². The van der Waals surface area contributed by atoms with E-state index in [1.807, 2.05) is 0 Å². The second-order valence-electron chi connectivity index (χ2n) is 7.88. The smallest absolute Gasteiger partial charge is 0.398 e. The van der Waals surface area contributed by atoms with Gasteiger partial charge in [-0.15, -0.1) is 0 Å². The number of benzene rings is 2. The lowest BCUT2D eigenvalue weighted by Gasteiger charge is -2.29. The topological polar surface area (TPSA) is 58.7 Å². The number of nitrogens with two attached hydrogens (primary N) is 1. The maximum absolute atomic E-state index is 13.3. The first-order valence-electron chi connectivity index (χ1n) is 10.6. The zero-order valence-corrected chi connectivity index (χ0v) is 18.7. The van der Waals surface area contributed by atoms with Gasteiger partial charge in [0.05, 0.1) is 11.3 Å². The lowest BCUT2D eigenvalue weighted by atomic mass is 9.88. The fourth-order valence-corrected chi connectivity index (χ4v) is 3.95. The molecule has 0 spiro atoms. The van der Waals surface area contributed by atoms with Crippen molar-refractivity contribution in [2.75, 3.05) is 4.90 Å². The Balaban J connectivity index is 1.86. The van der Waals surface area contributed by atoms with Gasteiger partial charge >= 0.3 is 6.18 Å². The van der Waals surface area contributed by atoms with Gasteiger partial charge in [0.25, 0.3) is 0 Å². The molecule has 0 radical (unpaired) electrons. The Kier molecular flexibility index (Phi) is 7.97. The third-order valence-corrected chi connectivity index (χ3v) is 5.76. The van der Waals surface area contributed by atoms with E-state index < -0.39 is 11.7 Å². The van der Waals surface area contributed by atoms with Crippen LogP contribution in [0.1, 0.15) is 43.2 Å². The second kappa shape index (κ2) is 10.7. The van der Waals surface area contributed by atoms with Gasteiger partial charge in [-0.05, 0) is 60.9 Å². The first kappa shape index (κ1) is 24.6. The molecule has 0 unspecified atom stereocenters. The van der Waals surface area contributed by atoms with E-state index in [1.165, 1.54) is 23.2 Å². The summed E-state index contributed by atoms with van der Waals surface area (Å²) in [5, 5.41) is 0.539. The van der Waals surface area contributed by atoms with Crippen molar-refractivity contribution >= 4 is 35.1 Å². The van der Waals surface area contributed by atoms with Crippen molar-refractivity contribution in [3.05, 3.63) is 83.2 Å². The van der Waals surface area contributed by atoms with Gasteiger partial charge in [0.15, 0.2) is 0 Å². The van der Waals surface area contributed by atoms with E-state index in [2.05, 4.69) is 11.6 Å². The zero-order chi connectivity index (χ0) is 24.0. The Morgan fingerprint density at radius 3 is 2.39 bits per heavy atom. The second-order valence-corrected chi connectivity index (χ2v) is 8.32. The van der Waals surface area contributed by atoms with Gasteiger partial charge in [0.2, 0.25) is 5.91 Å². The van der Waals surface area contributed by atoms with Crippen LogP contribution in [0.2, 0.25) is 5.02 Å². The predicted octanol–water partition coefficient (Wildman–Crippen LogP) is 6.81. The Bertz CT molecular complexity index is 1060. The number of halogens is 4. The summed E-state index contributed by atoms with van der Waals surface area (Å²) in [6, 6.07) is 11.4. The molecule has 0 bridgehead atoms. The van der Waals surface area contributed by atoms with Crippen molar-refractivity contribution < 1.29 is 18.0 Å². The molecule has 2 N–H and O–H groups in total. The molecule has 33 heavy (non-hydrogen) atoms.